The van der Waals surface area contributed by atoms with Crippen molar-refractivity contribution in [1.82, 2.24) is 24.4 Å². The summed E-state index contributed by atoms with van der Waals surface area (Å²) in [6, 6.07) is 1.91. The Kier molecular flexibility index (Phi) is 5.31. The van der Waals surface area contributed by atoms with Crippen molar-refractivity contribution in [3.8, 4) is 0 Å². The SMILES string of the molecule is O=C(CCn1ccnc1)N1CCOCC(Cc2ccncn2)C1. The molecule has 0 spiro atoms. The van der Waals surface area contributed by atoms with Crippen LogP contribution in [0.2, 0.25) is 0 Å². The van der Waals surface area contributed by atoms with E-state index >= 15 is 0 Å². The molecule has 1 aliphatic heterocycles. The Hall–Kier alpha value is -2.28. The smallest absolute Gasteiger partial charge is 0.224 e. The van der Waals surface area contributed by atoms with Gasteiger partial charge < -0.3 is 14.2 Å². The molecule has 1 saturated heterocycles. The van der Waals surface area contributed by atoms with Crippen LogP contribution < -0.4 is 0 Å². The summed E-state index contributed by atoms with van der Waals surface area (Å²) in [5, 5.41) is 0. The van der Waals surface area contributed by atoms with Gasteiger partial charge in [0.2, 0.25) is 5.91 Å². The number of carbonyl (C=O) groups excluding carboxylic acids is 1. The Morgan fingerprint density at radius 3 is 3.09 bits per heavy atom. The van der Waals surface area contributed by atoms with Crippen molar-refractivity contribution in [3.05, 3.63) is 43.0 Å². The van der Waals surface area contributed by atoms with Gasteiger partial charge in [-0.3, -0.25) is 4.79 Å². The number of amides is 1. The van der Waals surface area contributed by atoms with Crippen LogP contribution in [-0.2, 0) is 22.5 Å². The summed E-state index contributed by atoms with van der Waals surface area (Å²) in [4.78, 5) is 26.6. The average molecular weight is 315 g/mol. The first-order valence-electron chi connectivity index (χ1n) is 7.87. The second kappa shape index (κ2) is 7.82. The second-order valence-electron chi connectivity index (χ2n) is 5.74. The average Bonchev–Trinajstić information content (AvgIpc) is 2.99. The van der Waals surface area contributed by atoms with E-state index in [-0.39, 0.29) is 11.8 Å². The fourth-order valence-corrected chi connectivity index (χ4v) is 2.77. The van der Waals surface area contributed by atoms with E-state index in [9.17, 15) is 4.79 Å². The Morgan fingerprint density at radius 1 is 1.35 bits per heavy atom. The first-order chi connectivity index (χ1) is 11.3. The molecule has 1 amide bonds. The number of carbonyl (C=O) groups is 1. The summed E-state index contributed by atoms with van der Waals surface area (Å²) in [5.74, 6) is 0.432. The monoisotopic (exact) mass is 315 g/mol. The second-order valence-corrected chi connectivity index (χ2v) is 5.74. The molecule has 0 aliphatic carbocycles. The van der Waals surface area contributed by atoms with Crippen molar-refractivity contribution in [2.45, 2.75) is 19.4 Å². The highest BCUT2D eigenvalue weighted by molar-refractivity contribution is 5.76. The maximum atomic E-state index is 12.5. The minimum absolute atomic E-state index is 0.164. The molecule has 1 atom stereocenters. The quantitative estimate of drug-likeness (QED) is 0.815. The van der Waals surface area contributed by atoms with Crippen molar-refractivity contribution in [2.75, 3.05) is 26.3 Å². The third kappa shape index (κ3) is 4.59. The van der Waals surface area contributed by atoms with Crippen molar-refractivity contribution < 1.29 is 9.53 Å². The molecule has 1 fully saturated rings. The summed E-state index contributed by atoms with van der Waals surface area (Å²) >= 11 is 0. The molecule has 3 heterocycles. The van der Waals surface area contributed by atoms with Gasteiger partial charge in [0.15, 0.2) is 0 Å². The molecular formula is C16H21N5O2. The molecule has 0 saturated carbocycles. The van der Waals surface area contributed by atoms with Crippen LogP contribution in [0.25, 0.3) is 0 Å². The molecule has 1 aliphatic rings. The largest absolute Gasteiger partial charge is 0.379 e. The van der Waals surface area contributed by atoms with Crippen LogP contribution in [-0.4, -0.2) is 56.6 Å². The highest BCUT2D eigenvalue weighted by Crippen LogP contribution is 2.13. The number of hydrogen-bond acceptors (Lipinski definition) is 5. The van der Waals surface area contributed by atoms with Gasteiger partial charge in [0.25, 0.3) is 0 Å². The summed E-state index contributed by atoms with van der Waals surface area (Å²) < 4.78 is 7.58. The summed E-state index contributed by atoms with van der Waals surface area (Å²) in [7, 11) is 0. The number of aryl methyl sites for hydroxylation is 1. The topological polar surface area (TPSA) is 73.1 Å². The lowest BCUT2D eigenvalue weighted by Crippen LogP contribution is -2.36. The van der Waals surface area contributed by atoms with Gasteiger partial charge in [-0.15, -0.1) is 0 Å². The first-order valence-corrected chi connectivity index (χ1v) is 7.87. The van der Waals surface area contributed by atoms with E-state index in [4.69, 9.17) is 4.74 Å². The first kappa shape index (κ1) is 15.6. The van der Waals surface area contributed by atoms with E-state index in [0.717, 1.165) is 12.1 Å². The van der Waals surface area contributed by atoms with Crippen LogP contribution in [0.3, 0.4) is 0 Å². The molecular weight excluding hydrogens is 294 g/mol. The predicted molar refractivity (Wildman–Crippen MR) is 83.5 cm³/mol. The van der Waals surface area contributed by atoms with E-state index in [1.165, 1.54) is 0 Å². The number of hydrogen-bond donors (Lipinski definition) is 0. The molecule has 0 aromatic carbocycles. The van der Waals surface area contributed by atoms with E-state index in [0.29, 0.717) is 39.3 Å². The number of nitrogens with zero attached hydrogens (tertiary/aromatic N) is 5. The van der Waals surface area contributed by atoms with Crippen LogP contribution >= 0.6 is 0 Å². The standard InChI is InChI=1S/C16H21N5O2/c22-16(2-5-20-6-4-18-13-20)21-7-8-23-11-14(10-21)9-15-1-3-17-12-19-15/h1,3-4,6,12-14H,2,5,7-11H2. The normalized spacial score (nSPS) is 18.6. The van der Waals surface area contributed by atoms with Crippen LogP contribution in [0.15, 0.2) is 37.3 Å². The summed E-state index contributed by atoms with van der Waals surface area (Å²) in [6.45, 7) is 3.29. The Labute approximate surface area is 135 Å². The molecule has 0 bridgehead atoms. The van der Waals surface area contributed by atoms with E-state index in [1.54, 1.807) is 25.0 Å². The predicted octanol–water partition coefficient (Wildman–Crippen LogP) is 0.781. The zero-order chi connectivity index (χ0) is 15.9. The molecule has 3 rings (SSSR count). The van der Waals surface area contributed by atoms with Crippen LogP contribution in [0, 0.1) is 5.92 Å². The van der Waals surface area contributed by atoms with E-state index < -0.39 is 0 Å². The Bertz CT molecular complexity index is 602. The highest BCUT2D eigenvalue weighted by Gasteiger charge is 2.22. The lowest BCUT2D eigenvalue weighted by Gasteiger charge is -2.23. The highest BCUT2D eigenvalue weighted by atomic mass is 16.5. The van der Waals surface area contributed by atoms with Gasteiger partial charge in [0, 0.05) is 56.3 Å². The van der Waals surface area contributed by atoms with Gasteiger partial charge in [0.1, 0.15) is 6.33 Å². The zero-order valence-corrected chi connectivity index (χ0v) is 13.0. The number of aromatic nitrogens is 4. The maximum Gasteiger partial charge on any atom is 0.224 e. The number of imidazole rings is 1. The number of rotatable bonds is 5. The van der Waals surface area contributed by atoms with E-state index in [2.05, 4.69) is 15.0 Å². The lowest BCUT2D eigenvalue weighted by atomic mass is 10.0. The summed E-state index contributed by atoms with van der Waals surface area (Å²) in [6.07, 6.45) is 9.91. The van der Waals surface area contributed by atoms with E-state index in [1.807, 2.05) is 21.7 Å². The minimum atomic E-state index is 0.164. The van der Waals surface area contributed by atoms with Gasteiger partial charge in [-0.2, -0.15) is 0 Å². The van der Waals surface area contributed by atoms with Crippen molar-refractivity contribution >= 4 is 5.91 Å². The van der Waals surface area contributed by atoms with Crippen molar-refractivity contribution in [1.29, 1.82) is 0 Å². The third-order valence-electron chi connectivity index (χ3n) is 3.97. The fraction of sp³-hybridized carbons (Fsp3) is 0.500. The van der Waals surface area contributed by atoms with Crippen LogP contribution in [0.4, 0.5) is 0 Å². The van der Waals surface area contributed by atoms with Crippen molar-refractivity contribution in [3.63, 3.8) is 0 Å². The summed E-state index contributed by atoms with van der Waals surface area (Å²) in [5.41, 5.74) is 0.987. The van der Waals surface area contributed by atoms with Gasteiger partial charge >= 0.3 is 0 Å². The molecule has 0 radical (unpaired) electrons. The molecule has 2 aromatic rings. The molecule has 23 heavy (non-hydrogen) atoms. The molecule has 7 heteroatoms. The zero-order valence-electron chi connectivity index (χ0n) is 13.0. The van der Waals surface area contributed by atoms with Crippen LogP contribution in [0.1, 0.15) is 12.1 Å². The Balaban J connectivity index is 1.54. The molecule has 1 unspecified atom stereocenters. The number of ether oxygens (including phenoxy) is 1. The van der Waals surface area contributed by atoms with Crippen LogP contribution in [0.5, 0.6) is 0 Å². The van der Waals surface area contributed by atoms with Crippen molar-refractivity contribution in [2.24, 2.45) is 5.92 Å². The third-order valence-corrected chi connectivity index (χ3v) is 3.97. The van der Waals surface area contributed by atoms with Gasteiger partial charge in [0.05, 0.1) is 19.5 Å². The lowest BCUT2D eigenvalue weighted by molar-refractivity contribution is -0.131. The van der Waals surface area contributed by atoms with Gasteiger partial charge in [-0.25, -0.2) is 15.0 Å². The fourth-order valence-electron chi connectivity index (χ4n) is 2.77. The molecule has 7 nitrogen and oxygen atoms in total. The molecule has 2 aromatic heterocycles. The molecule has 0 N–H and O–H groups in total. The van der Waals surface area contributed by atoms with Gasteiger partial charge in [-0.05, 0) is 12.5 Å². The maximum absolute atomic E-state index is 12.5. The molecule has 122 valence electrons. The van der Waals surface area contributed by atoms with Gasteiger partial charge in [-0.1, -0.05) is 0 Å². The minimum Gasteiger partial charge on any atom is -0.379 e. The Morgan fingerprint density at radius 2 is 2.30 bits per heavy atom.